The van der Waals surface area contributed by atoms with Crippen LogP contribution in [0.2, 0.25) is 0 Å². The highest BCUT2D eigenvalue weighted by Crippen LogP contribution is 2.12. The maximum absolute atomic E-state index is 5.68. The van der Waals surface area contributed by atoms with E-state index in [1.807, 2.05) is 26.8 Å². The molecule has 0 saturated heterocycles. The third-order valence-electron chi connectivity index (χ3n) is 1.71. The molecule has 0 aliphatic heterocycles. The summed E-state index contributed by atoms with van der Waals surface area (Å²) in [5.41, 5.74) is 7.76. The summed E-state index contributed by atoms with van der Waals surface area (Å²) < 4.78 is 5.44. The highest BCUT2D eigenvalue weighted by Gasteiger charge is 2.02. The van der Waals surface area contributed by atoms with Crippen molar-refractivity contribution in [1.82, 2.24) is 4.98 Å². The number of aromatic nitrogens is 1. The molecule has 0 saturated carbocycles. The van der Waals surface area contributed by atoms with Gasteiger partial charge >= 0.3 is 0 Å². The zero-order valence-electron chi connectivity index (χ0n) is 8.37. The molecule has 0 fully saturated rings. The van der Waals surface area contributed by atoms with Crippen molar-refractivity contribution in [3.8, 4) is 0 Å². The summed E-state index contributed by atoms with van der Waals surface area (Å²) in [6.45, 7) is 6.53. The van der Waals surface area contributed by atoms with Gasteiger partial charge in [-0.3, -0.25) is 0 Å². The molecule has 0 bridgehead atoms. The quantitative estimate of drug-likeness (QED) is 0.772. The summed E-state index contributed by atoms with van der Waals surface area (Å²) in [6, 6.07) is 2.00. The molecule has 0 aliphatic rings. The van der Waals surface area contributed by atoms with E-state index in [0.29, 0.717) is 12.4 Å². The molecule has 0 aliphatic carbocycles. The Balaban J connectivity index is 2.70. The van der Waals surface area contributed by atoms with Gasteiger partial charge in [0.15, 0.2) is 0 Å². The van der Waals surface area contributed by atoms with Crippen LogP contribution in [0.15, 0.2) is 12.3 Å². The molecule has 3 heteroatoms. The van der Waals surface area contributed by atoms with E-state index < -0.39 is 0 Å². The second kappa shape index (κ2) is 4.23. The lowest BCUT2D eigenvalue weighted by Crippen LogP contribution is -2.05. The Kier molecular flexibility index (Phi) is 3.25. The fourth-order valence-electron chi connectivity index (χ4n) is 1.01. The van der Waals surface area contributed by atoms with Crippen LogP contribution in [-0.2, 0) is 11.3 Å². The predicted octanol–water partition coefficient (Wildman–Crippen LogP) is 1.90. The first-order chi connectivity index (χ1) is 6.09. The Labute approximate surface area is 78.9 Å². The Morgan fingerprint density at radius 2 is 2.23 bits per heavy atom. The highest BCUT2D eigenvalue weighted by atomic mass is 16.5. The first-order valence-electron chi connectivity index (χ1n) is 4.42. The number of nitrogen functional groups attached to an aromatic ring is 1. The van der Waals surface area contributed by atoms with Crippen LogP contribution in [0.4, 0.5) is 5.82 Å². The third-order valence-corrected chi connectivity index (χ3v) is 1.71. The van der Waals surface area contributed by atoms with E-state index in [1.54, 1.807) is 6.20 Å². The topological polar surface area (TPSA) is 48.1 Å². The number of nitrogens with two attached hydrogens (primary N) is 1. The van der Waals surface area contributed by atoms with Crippen molar-refractivity contribution >= 4 is 5.82 Å². The molecule has 0 amide bonds. The van der Waals surface area contributed by atoms with Crippen molar-refractivity contribution in [2.45, 2.75) is 33.5 Å². The van der Waals surface area contributed by atoms with Gasteiger partial charge in [-0.05, 0) is 32.4 Å². The maximum Gasteiger partial charge on any atom is 0.128 e. The van der Waals surface area contributed by atoms with Crippen LogP contribution in [0.25, 0.3) is 0 Å². The second-order valence-corrected chi connectivity index (χ2v) is 3.42. The SMILES string of the molecule is Cc1cnc(N)c(COC(C)C)c1. The van der Waals surface area contributed by atoms with Crippen LogP contribution in [0.1, 0.15) is 25.0 Å². The molecule has 1 aromatic rings. The summed E-state index contributed by atoms with van der Waals surface area (Å²) in [6.07, 6.45) is 1.98. The number of aryl methyl sites for hydroxylation is 1. The Bertz CT molecular complexity index is 284. The minimum absolute atomic E-state index is 0.222. The number of ether oxygens (including phenoxy) is 1. The largest absolute Gasteiger partial charge is 0.383 e. The number of hydrogen-bond acceptors (Lipinski definition) is 3. The van der Waals surface area contributed by atoms with Crippen LogP contribution in [0, 0.1) is 6.92 Å². The molecule has 2 N–H and O–H groups in total. The highest BCUT2D eigenvalue weighted by molar-refractivity contribution is 5.40. The van der Waals surface area contributed by atoms with Gasteiger partial charge in [0.25, 0.3) is 0 Å². The molecule has 1 rings (SSSR count). The van der Waals surface area contributed by atoms with Crippen LogP contribution in [0.3, 0.4) is 0 Å². The third kappa shape index (κ3) is 3.03. The zero-order chi connectivity index (χ0) is 9.84. The average Bonchev–Trinajstić information content (AvgIpc) is 2.06. The molecule has 0 radical (unpaired) electrons. The smallest absolute Gasteiger partial charge is 0.128 e. The van der Waals surface area contributed by atoms with Gasteiger partial charge in [0, 0.05) is 11.8 Å². The van der Waals surface area contributed by atoms with Gasteiger partial charge in [0.1, 0.15) is 5.82 Å². The summed E-state index contributed by atoms with van der Waals surface area (Å²) in [7, 11) is 0. The van der Waals surface area contributed by atoms with Crippen molar-refractivity contribution in [2.24, 2.45) is 0 Å². The molecular weight excluding hydrogens is 164 g/mol. The standard InChI is InChI=1S/C10H16N2O/c1-7(2)13-6-9-4-8(3)5-12-10(9)11/h4-5,7H,6H2,1-3H3,(H2,11,12). The molecular formula is C10H16N2O. The normalized spacial score (nSPS) is 10.8. The summed E-state index contributed by atoms with van der Waals surface area (Å²) in [4.78, 5) is 4.05. The van der Waals surface area contributed by atoms with E-state index in [-0.39, 0.29) is 6.10 Å². The Morgan fingerprint density at radius 1 is 1.54 bits per heavy atom. The lowest BCUT2D eigenvalue weighted by Gasteiger charge is -2.09. The van der Waals surface area contributed by atoms with Crippen molar-refractivity contribution in [3.63, 3.8) is 0 Å². The van der Waals surface area contributed by atoms with Crippen molar-refractivity contribution in [2.75, 3.05) is 5.73 Å². The van der Waals surface area contributed by atoms with E-state index in [2.05, 4.69) is 4.98 Å². The predicted molar refractivity (Wildman–Crippen MR) is 53.3 cm³/mol. The van der Waals surface area contributed by atoms with E-state index in [1.165, 1.54) is 0 Å². The molecule has 0 unspecified atom stereocenters. The fraction of sp³-hybridized carbons (Fsp3) is 0.500. The van der Waals surface area contributed by atoms with Crippen molar-refractivity contribution in [3.05, 3.63) is 23.4 Å². The van der Waals surface area contributed by atoms with E-state index in [9.17, 15) is 0 Å². The first-order valence-corrected chi connectivity index (χ1v) is 4.42. The molecule has 0 aromatic carbocycles. The monoisotopic (exact) mass is 180 g/mol. The molecule has 3 nitrogen and oxygen atoms in total. The molecule has 1 aromatic heterocycles. The number of nitrogens with zero attached hydrogens (tertiary/aromatic N) is 1. The summed E-state index contributed by atoms with van der Waals surface area (Å²) in [5.74, 6) is 0.561. The maximum atomic E-state index is 5.68. The summed E-state index contributed by atoms with van der Waals surface area (Å²) >= 11 is 0. The van der Waals surface area contributed by atoms with Gasteiger partial charge in [-0.25, -0.2) is 4.98 Å². The second-order valence-electron chi connectivity index (χ2n) is 3.42. The lowest BCUT2D eigenvalue weighted by molar-refractivity contribution is 0.0659. The van der Waals surface area contributed by atoms with Gasteiger partial charge in [-0.2, -0.15) is 0 Å². The van der Waals surface area contributed by atoms with Gasteiger partial charge < -0.3 is 10.5 Å². The minimum Gasteiger partial charge on any atom is -0.383 e. The van der Waals surface area contributed by atoms with E-state index in [4.69, 9.17) is 10.5 Å². The van der Waals surface area contributed by atoms with Gasteiger partial charge in [-0.1, -0.05) is 0 Å². The fourth-order valence-corrected chi connectivity index (χ4v) is 1.01. The number of anilines is 1. The zero-order valence-corrected chi connectivity index (χ0v) is 8.37. The number of rotatable bonds is 3. The van der Waals surface area contributed by atoms with Crippen LogP contribution in [-0.4, -0.2) is 11.1 Å². The molecule has 72 valence electrons. The van der Waals surface area contributed by atoms with Crippen LogP contribution < -0.4 is 5.73 Å². The number of hydrogen-bond donors (Lipinski definition) is 1. The molecule has 0 spiro atoms. The van der Waals surface area contributed by atoms with Crippen molar-refractivity contribution < 1.29 is 4.74 Å². The van der Waals surface area contributed by atoms with E-state index >= 15 is 0 Å². The molecule has 1 heterocycles. The molecule has 0 atom stereocenters. The van der Waals surface area contributed by atoms with Gasteiger partial charge in [0.2, 0.25) is 0 Å². The number of pyridine rings is 1. The summed E-state index contributed by atoms with van der Waals surface area (Å²) in [5, 5.41) is 0. The first kappa shape index (κ1) is 9.99. The van der Waals surface area contributed by atoms with Crippen LogP contribution in [0.5, 0.6) is 0 Å². The Morgan fingerprint density at radius 3 is 2.85 bits per heavy atom. The van der Waals surface area contributed by atoms with Gasteiger partial charge in [0.05, 0.1) is 12.7 Å². The lowest BCUT2D eigenvalue weighted by atomic mass is 10.2. The van der Waals surface area contributed by atoms with Crippen molar-refractivity contribution in [1.29, 1.82) is 0 Å². The average molecular weight is 180 g/mol. The van der Waals surface area contributed by atoms with Crippen LogP contribution >= 0.6 is 0 Å². The van der Waals surface area contributed by atoms with Gasteiger partial charge in [-0.15, -0.1) is 0 Å². The van der Waals surface area contributed by atoms with E-state index in [0.717, 1.165) is 11.1 Å². The minimum atomic E-state index is 0.222. The Hall–Kier alpha value is -1.09. The molecule has 13 heavy (non-hydrogen) atoms.